The Morgan fingerprint density at radius 3 is 2.71 bits per heavy atom. The quantitative estimate of drug-likeness (QED) is 0.756. The van der Waals surface area contributed by atoms with Crippen LogP contribution >= 0.6 is 0 Å². The smallest absolute Gasteiger partial charge is 0.343 e. The first-order valence-corrected chi connectivity index (χ1v) is 8.48. The minimum absolute atomic E-state index is 0.111. The molecule has 0 saturated carbocycles. The molecule has 0 bridgehead atoms. The third-order valence-electron chi connectivity index (χ3n) is 4.56. The summed E-state index contributed by atoms with van der Waals surface area (Å²) in [5.74, 6) is -2.11. The molecule has 2 aromatic rings. The summed E-state index contributed by atoms with van der Waals surface area (Å²) in [6, 6.07) is 7.30. The number of aromatic nitrogens is 1. The molecule has 0 saturated heterocycles. The second kappa shape index (κ2) is 7.99. The molecule has 0 radical (unpaired) electrons. The van der Waals surface area contributed by atoms with Crippen LogP contribution in [0, 0.1) is 0 Å². The topological polar surface area (TPSA) is 115 Å². The number of fused-ring (bicyclic) bond motifs is 1. The molecule has 0 fully saturated rings. The summed E-state index contributed by atoms with van der Waals surface area (Å²) < 4.78 is 15.1. The van der Waals surface area contributed by atoms with Gasteiger partial charge in [-0.3, -0.25) is 9.59 Å². The number of aromatic amines is 1. The lowest BCUT2D eigenvalue weighted by molar-refractivity contribution is -0.140. The van der Waals surface area contributed by atoms with Crippen LogP contribution in [0.2, 0.25) is 0 Å². The molecule has 8 nitrogen and oxygen atoms in total. The first-order chi connectivity index (χ1) is 13.5. The van der Waals surface area contributed by atoms with E-state index in [1.807, 2.05) is 18.2 Å². The third kappa shape index (κ3) is 3.62. The van der Waals surface area contributed by atoms with E-state index in [1.54, 1.807) is 12.1 Å². The Hall–Kier alpha value is -3.55. The molecule has 146 valence electrons. The molecule has 2 N–H and O–H groups in total. The van der Waals surface area contributed by atoms with Crippen LogP contribution in [0.1, 0.15) is 33.8 Å². The fourth-order valence-corrected chi connectivity index (χ4v) is 3.13. The number of carbonyl (C=O) groups is 2. The molecule has 0 amide bonds. The van der Waals surface area contributed by atoms with Gasteiger partial charge < -0.3 is 24.3 Å². The first kappa shape index (κ1) is 19.2. The zero-order chi connectivity index (χ0) is 20.3. The molecule has 1 aromatic carbocycles. The maximum atomic E-state index is 12.5. The van der Waals surface area contributed by atoms with Crippen molar-refractivity contribution in [1.29, 1.82) is 0 Å². The molecule has 1 aliphatic heterocycles. The SMILES string of the molecule is COC(=O)CC(C1=Cc2ccccc2OC1)c1c(O)c(C(=O)OC)c[nH]c1=O. The fourth-order valence-electron chi connectivity index (χ4n) is 3.13. The molecule has 28 heavy (non-hydrogen) atoms. The zero-order valence-electron chi connectivity index (χ0n) is 15.4. The van der Waals surface area contributed by atoms with Gasteiger partial charge in [-0.15, -0.1) is 0 Å². The van der Waals surface area contributed by atoms with Crippen LogP contribution in [-0.2, 0) is 14.3 Å². The number of carbonyl (C=O) groups excluding carboxylic acids is 2. The number of H-pyrrole nitrogens is 1. The number of hydrogen-bond donors (Lipinski definition) is 2. The van der Waals surface area contributed by atoms with Gasteiger partial charge in [-0.05, 0) is 17.7 Å². The van der Waals surface area contributed by atoms with Crippen LogP contribution in [0.15, 0.2) is 40.8 Å². The predicted octanol–water partition coefficient (Wildman–Crippen LogP) is 1.99. The summed E-state index contributed by atoms with van der Waals surface area (Å²) in [6.07, 6.45) is 2.66. The Balaban J connectivity index is 2.15. The van der Waals surface area contributed by atoms with Gasteiger partial charge >= 0.3 is 11.9 Å². The summed E-state index contributed by atoms with van der Waals surface area (Å²) in [6.45, 7) is 0.111. The number of aromatic hydroxyl groups is 1. The van der Waals surface area contributed by atoms with E-state index in [0.29, 0.717) is 11.3 Å². The zero-order valence-corrected chi connectivity index (χ0v) is 15.4. The van der Waals surface area contributed by atoms with Crippen LogP contribution in [0.3, 0.4) is 0 Å². The largest absolute Gasteiger partial charge is 0.506 e. The van der Waals surface area contributed by atoms with Gasteiger partial charge in [0.25, 0.3) is 5.56 Å². The number of hydrogen-bond acceptors (Lipinski definition) is 7. The van der Waals surface area contributed by atoms with Crippen molar-refractivity contribution in [3.8, 4) is 11.5 Å². The van der Waals surface area contributed by atoms with E-state index >= 15 is 0 Å². The average Bonchev–Trinajstić information content (AvgIpc) is 2.72. The van der Waals surface area contributed by atoms with E-state index in [1.165, 1.54) is 7.11 Å². The van der Waals surface area contributed by atoms with E-state index in [0.717, 1.165) is 18.9 Å². The summed E-state index contributed by atoms with van der Waals surface area (Å²) in [7, 11) is 2.39. The van der Waals surface area contributed by atoms with Crippen molar-refractivity contribution < 1.29 is 28.9 Å². The van der Waals surface area contributed by atoms with Gasteiger partial charge in [0.05, 0.1) is 26.2 Å². The molecular formula is C20H19NO7. The summed E-state index contributed by atoms with van der Waals surface area (Å²) in [5.41, 5.74) is 0.414. The molecule has 8 heteroatoms. The molecule has 0 aliphatic carbocycles. The van der Waals surface area contributed by atoms with Crippen molar-refractivity contribution in [2.45, 2.75) is 12.3 Å². The predicted molar refractivity (Wildman–Crippen MR) is 99.4 cm³/mol. The highest BCUT2D eigenvalue weighted by atomic mass is 16.5. The number of para-hydroxylation sites is 1. The van der Waals surface area contributed by atoms with Crippen LogP contribution in [0.25, 0.3) is 6.08 Å². The summed E-state index contributed by atoms with van der Waals surface area (Å²) in [5, 5.41) is 10.6. The van der Waals surface area contributed by atoms with E-state index in [2.05, 4.69) is 9.72 Å². The Kier molecular flexibility index (Phi) is 5.49. The second-order valence-electron chi connectivity index (χ2n) is 6.16. The van der Waals surface area contributed by atoms with Crippen LogP contribution < -0.4 is 10.3 Å². The molecule has 3 rings (SSSR count). The van der Waals surface area contributed by atoms with Crippen molar-refractivity contribution in [3.05, 3.63) is 63.1 Å². The maximum Gasteiger partial charge on any atom is 0.343 e. The lowest BCUT2D eigenvalue weighted by Gasteiger charge is -2.25. The Bertz CT molecular complexity index is 1010. The Morgan fingerprint density at radius 2 is 2.00 bits per heavy atom. The first-order valence-electron chi connectivity index (χ1n) is 8.48. The highest BCUT2D eigenvalue weighted by Gasteiger charge is 2.31. The molecule has 1 aliphatic rings. The van der Waals surface area contributed by atoms with Crippen molar-refractivity contribution in [2.24, 2.45) is 0 Å². The van der Waals surface area contributed by atoms with Crippen molar-refractivity contribution >= 4 is 18.0 Å². The second-order valence-corrected chi connectivity index (χ2v) is 6.16. The van der Waals surface area contributed by atoms with Gasteiger partial charge in [-0.1, -0.05) is 18.2 Å². The molecule has 2 heterocycles. The molecule has 1 unspecified atom stereocenters. The van der Waals surface area contributed by atoms with Crippen molar-refractivity contribution in [3.63, 3.8) is 0 Å². The van der Waals surface area contributed by atoms with Gasteiger partial charge in [0.2, 0.25) is 0 Å². The van der Waals surface area contributed by atoms with E-state index in [9.17, 15) is 19.5 Å². The highest BCUT2D eigenvalue weighted by Crippen LogP contribution is 2.38. The van der Waals surface area contributed by atoms with Crippen LogP contribution in [0.4, 0.5) is 0 Å². The number of pyridine rings is 1. The molecule has 1 atom stereocenters. The van der Waals surface area contributed by atoms with E-state index in [-0.39, 0.29) is 24.2 Å². The lowest BCUT2D eigenvalue weighted by Crippen LogP contribution is -2.25. The monoisotopic (exact) mass is 385 g/mol. The van der Waals surface area contributed by atoms with Crippen molar-refractivity contribution in [2.75, 3.05) is 20.8 Å². The summed E-state index contributed by atoms with van der Waals surface area (Å²) >= 11 is 0. The molecule has 0 spiro atoms. The lowest BCUT2D eigenvalue weighted by atomic mass is 9.86. The van der Waals surface area contributed by atoms with Crippen LogP contribution in [0.5, 0.6) is 11.5 Å². The normalized spacial score (nSPS) is 13.6. The number of rotatable bonds is 5. The molecule has 1 aromatic heterocycles. The number of benzene rings is 1. The summed E-state index contributed by atoms with van der Waals surface area (Å²) in [4.78, 5) is 38.8. The number of nitrogens with one attached hydrogen (secondary N) is 1. The van der Waals surface area contributed by atoms with E-state index in [4.69, 9.17) is 9.47 Å². The minimum Gasteiger partial charge on any atom is -0.506 e. The molecular weight excluding hydrogens is 366 g/mol. The van der Waals surface area contributed by atoms with Gasteiger partial charge in [0.1, 0.15) is 23.7 Å². The van der Waals surface area contributed by atoms with Crippen LogP contribution in [-0.4, -0.2) is 42.9 Å². The minimum atomic E-state index is -0.853. The van der Waals surface area contributed by atoms with Gasteiger partial charge in [0.15, 0.2) is 0 Å². The highest BCUT2D eigenvalue weighted by molar-refractivity contribution is 5.92. The number of esters is 2. The third-order valence-corrected chi connectivity index (χ3v) is 4.56. The standard InChI is InChI=1S/C20H19NO7/c1-26-16(22)8-13(12-7-11-5-3-4-6-15(11)28-10-12)17-18(23)14(20(25)27-2)9-21-19(17)24/h3-7,9,13H,8,10H2,1-2H3,(H2,21,23,24). The maximum absolute atomic E-state index is 12.5. The number of ether oxygens (including phenoxy) is 3. The van der Waals surface area contributed by atoms with Gasteiger partial charge in [-0.2, -0.15) is 0 Å². The Morgan fingerprint density at radius 1 is 1.25 bits per heavy atom. The average molecular weight is 385 g/mol. The van der Waals surface area contributed by atoms with Gasteiger partial charge in [0, 0.05) is 17.7 Å². The van der Waals surface area contributed by atoms with E-state index < -0.39 is 29.2 Å². The van der Waals surface area contributed by atoms with Gasteiger partial charge in [-0.25, -0.2) is 4.79 Å². The Labute approximate surface area is 160 Å². The van der Waals surface area contributed by atoms with Crippen molar-refractivity contribution in [1.82, 2.24) is 4.98 Å². The fraction of sp³-hybridized carbons (Fsp3) is 0.250. The number of methoxy groups -OCH3 is 2.